The van der Waals surface area contributed by atoms with Gasteiger partial charge in [0.05, 0.1) is 27.4 Å². The first-order valence-corrected chi connectivity index (χ1v) is 11.4. The number of benzene rings is 2. The first-order valence-electron chi connectivity index (χ1n) is 11.4. The molecule has 1 amide bonds. The number of aromatic nitrogens is 2. The quantitative estimate of drug-likeness (QED) is 0.508. The van der Waals surface area contributed by atoms with Gasteiger partial charge in [-0.2, -0.15) is 0 Å². The second-order valence-corrected chi connectivity index (χ2v) is 8.34. The first-order chi connectivity index (χ1) is 16.5. The molecule has 1 N–H and O–H groups in total. The van der Waals surface area contributed by atoms with Gasteiger partial charge in [0, 0.05) is 31.1 Å². The Hall–Kier alpha value is -3.68. The van der Waals surface area contributed by atoms with Crippen molar-refractivity contribution in [2.24, 2.45) is 7.05 Å². The van der Waals surface area contributed by atoms with Gasteiger partial charge >= 0.3 is 0 Å². The highest BCUT2D eigenvalue weighted by Gasteiger charge is 2.24. The number of nitrogens with one attached hydrogen (secondary N) is 1. The molecule has 1 aliphatic carbocycles. The number of aryl methyl sites for hydroxylation is 1. The van der Waals surface area contributed by atoms with Crippen molar-refractivity contribution in [2.45, 2.75) is 37.8 Å². The first kappa shape index (κ1) is 23.5. The molecule has 3 aromatic rings. The molecule has 0 saturated heterocycles. The van der Waals surface area contributed by atoms with Gasteiger partial charge in [0.2, 0.25) is 0 Å². The van der Waals surface area contributed by atoms with Crippen LogP contribution in [0.3, 0.4) is 0 Å². The second-order valence-electron chi connectivity index (χ2n) is 8.34. The van der Waals surface area contributed by atoms with Crippen LogP contribution in [0.2, 0.25) is 0 Å². The average molecular weight is 466 g/mol. The van der Waals surface area contributed by atoms with E-state index in [1.807, 2.05) is 29.9 Å². The number of carbonyl (C=O) groups is 1. The zero-order valence-electron chi connectivity index (χ0n) is 20.0. The Morgan fingerprint density at radius 2 is 1.71 bits per heavy atom. The fourth-order valence-corrected chi connectivity index (χ4v) is 4.25. The van der Waals surface area contributed by atoms with E-state index in [2.05, 4.69) is 10.3 Å². The van der Waals surface area contributed by atoms with Crippen molar-refractivity contribution >= 4 is 5.91 Å². The van der Waals surface area contributed by atoms with Crippen molar-refractivity contribution in [3.8, 4) is 23.0 Å². The summed E-state index contributed by atoms with van der Waals surface area (Å²) in [6.07, 6.45) is 8.17. The smallest absolute Gasteiger partial charge is 0.252 e. The second kappa shape index (κ2) is 10.5. The zero-order valence-corrected chi connectivity index (χ0v) is 20.0. The molecular weight excluding hydrogens is 434 g/mol. The van der Waals surface area contributed by atoms with E-state index in [-0.39, 0.29) is 12.0 Å². The molecule has 0 aliphatic heterocycles. The van der Waals surface area contributed by atoms with Crippen LogP contribution in [0.4, 0.5) is 0 Å². The van der Waals surface area contributed by atoms with E-state index in [0.717, 1.165) is 18.4 Å². The Kier molecular flexibility index (Phi) is 7.25. The maximum atomic E-state index is 13.4. The highest BCUT2D eigenvalue weighted by Crippen LogP contribution is 2.33. The molecule has 0 bridgehead atoms. The fraction of sp³-hybridized carbons (Fsp3) is 0.385. The van der Waals surface area contributed by atoms with E-state index >= 15 is 0 Å². The molecule has 180 valence electrons. The minimum absolute atomic E-state index is 0.199. The number of methoxy groups -OCH3 is 3. The number of imidazole rings is 1. The molecule has 1 aromatic heterocycles. The lowest BCUT2D eigenvalue weighted by atomic mass is 10.0. The van der Waals surface area contributed by atoms with E-state index in [1.54, 1.807) is 51.8 Å². The monoisotopic (exact) mass is 465 g/mol. The number of amides is 1. The number of nitrogens with zero attached hydrogens (tertiary/aromatic N) is 2. The zero-order chi connectivity index (χ0) is 24.1. The normalized spacial score (nSPS) is 14.5. The van der Waals surface area contributed by atoms with Crippen LogP contribution in [0.1, 0.15) is 53.5 Å². The minimum Gasteiger partial charge on any atom is -0.497 e. The summed E-state index contributed by atoms with van der Waals surface area (Å²) in [5.74, 6) is 2.85. The maximum Gasteiger partial charge on any atom is 0.252 e. The molecule has 1 fully saturated rings. The number of ether oxygens (including phenoxy) is 4. The Bertz CT molecular complexity index is 1110. The summed E-state index contributed by atoms with van der Waals surface area (Å²) in [6, 6.07) is 10.2. The molecule has 1 saturated carbocycles. The van der Waals surface area contributed by atoms with Crippen LogP contribution in [0.5, 0.6) is 23.0 Å². The van der Waals surface area contributed by atoms with Crippen molar-refractivity contribution in [1.29, 1.82) is 0 Å². The van der Waals surface area contributed by atoms with Gasteiger partial charge in [-0.3, -0.25) is 4.79 Å². The van der Waals surface area contributed by atoms with E-state index < -0.39 is 6.04 Å². The summed E-state index contributed by atoms with van der Waals surface area (Å²) in [5, 5.41) is 3.11. The van der Waals surface area contributed by atoms with Crippen LogP contribution in [-0.2, 0) is 7.05 Å². The third-order valence-electron chi connectivity index (χ3n) is 6.12. The van der Waals surface area contributed by atoms with Gasteiger partial charge in [-0.15, -0.1) is 0 Å². The molecular formula is C26H31N3O5. The van der Waals surface area contributed by atoms with Crippen LogP contribution in [0.15, 0.2) is 48.8 Å². The molecule has 0 spiro atoms. The van der Waals surface area contributed by atoms with Gasteiger partial charge in [0.25, 0.3) is 5.91 Å². The Morgan fingerprint density at radius 1 is 1.00 bits per heavy atom. The largest absolute Gasteiger partial charge is 0.497 e. The van der Waals surface area contributed by atoms with Gasteiger partial charge in [0.15, 0.2) is 11.5 Å². The average Bonchev–Trinajstić information content (AvgIpc) is 3.53. The van der Waals surface area contributed by atoms with E-state index in [9.17, 15) is 4.79 Å². The molecule has 8 heteroatoms. The van der Waals surface area contributed by atoms with Crippen molar-refractivity contribution < 1.29 is 23.7 Å². The molecule has 4 rings (SSSR count). The van der Waals surface area contributed by atoms with Crippen LogP contribution < -0.4 is 24.3 Å². The van der Waals surface area contributed by atoms with Gasteiger partial charge in [0.1, 0.15) is 23.4 Å². The predicted octanol–water partition coefficient (Wildman–Crippen LogP) is 4.29. The van der Waals surface area contributed by atoms with E-state index in [4.69, 9.17) is 18.9 Å². The van der Waals surface area contributed by atoms with E-state index in [0.29, 0.717) is 34.4 Å². The molecule has 2 aromatic carbocycles. The highest BCUT2D eigenvalue weighted by atomic mass is 16.5. The molecule has 1 atom stereocenters. The lowest BCUT2D eigenvalue weighted by Crippen LogP contribution is -2.31. The molecule has 8 nitrogen and oxygen atoms in total. The molecule has 1 unspecified atom stereocenters. The lowest BCUT2D eigenvalue weighted by Gasteiger charge is -2.21. The molecule has 1 heterocycles. The summed E-state index contributed by atoms with van der Waals surface area (Å²) in [5.41, 5.74) is 1.25. The SMILES string of the molecule is COc1cc(OC)cc(C(NC(=O)c2ccc(OC3CCCC3)c(OC)c2)c2nccn2C)c1. The third kappa shape index (κ3) is 5.11. The minimum atomic E-state index is -0.531. The highest BCUT2D eigenvalue weighted by molar-refractivity contribution is 5.95. The Balaban J connectivity index is 1.63. The molecule has 1 aliphatic rings. The van der Waals surface area contributed by atoms with Gasteiger partial charge in [-0.1, -0.05) is 0 Å². The Labute approximate surface area is 199 Å². The number of hydrogen-bond acceptors (Lipinski definition) is 6. The predicted molar refractivity (Wildman–Crippen MR) is 128 cm³/mol. The Morgan fingerprint density at radius 3 is 2.29 bits per heavy atom. The van der Waals surface area contributed by atoms with Gasteiger partial charge in [-0.05, 0) is 61.6 Å². The topological polar surface area (TPSA) is 83.8 Å². The van der Waals surface area contributed by atoms with Crippen molar-refractivity contribution in [1.82, 2.24) is 14.9 Å². The summed E-state index contributed by atoms with van der Waals surface area (Å²) in [6.45, 7) is 0. The summed E-state index contributed by atoms with van der Waals surface area (Å²) >= 11 is 0. The fourth-order valence-electron chi connectivity index (χ4n) is 4.25. The standard InChI is InChI=1S/C26H31N3O5/c1-29-12-11-27-25(29)24(18-13-20(31-2)16-21(14-18)32-3)28-26(30)17-9-10-22(23(15-17)33-4)34-19-7-5-6-8-19/h9-16,19,24H,5-8H2,1-4H3,(H,28,30). The summed E-state index contributed by atoms with van der Waals surface area (Å²) in [4.78, 5) is 17.8. The number of carbonyl (C=O) groups excluding carboxylic acids is 1. The number of hydrogen-bond donors (Lipinski definition) is 1. The van der Waals surface area contributed by atoms with Crippen molar-refractivity contribution in [2.75, 3.05) is 21.3 Å². The van der Waals surface area contributed by atoms with Crippen LogP contribution >= 0.6 is 0 Å². The van der Waals surface area contributed by atoms with Crippen molar-refractivity contribution in [3.05, 3.63) is 65.7 Å². The van der Waals surface area contributed by atoms with E-state index in [1.165, 1.54) is 12.8 Å². The van der Waals surface area contributed by atoms with Crippen LogP contribution in [-0.4, -0.2) is 42.9 Å². The van der Waals surface area contributed by atoms with Crippen LogP contribution in [0, 0.1) is 0 Å². The maximum absolute atomic E-state index is 13.4. The van der Waals surface area contributed by atoms with Crippen molar-refractivity contribution in [3.63, 3.8) is 0 Å². The van der Waals surface area contributed by atoms with Gasteiger partial charge in [-0.25, -0.2) is 4.98 Å². The third-order valence-corrected chi connectivity index (χ3v) is 6.12. The molecule has 34 heavy (non-hydrogen) atoms. The van der Waals surface area contributed by atoms with Crippen LogP contribution in [0.25, 0.3) is 0 Å². The molecule has 0 radical (unpaired) electrons. The summed E-state index contributed by atoms with van der Waals surface area (Å²) in [7, 11) is 6.65. The lowest BCUT2D eigenvalue weighted by molar-refractivity contribution is 0.0940. The van der Waals surface area contributed by atoms with Gasteiger partial charge < -0.3 is 28.8 Å². The summed E-state index contributed by atoms with van der Waals surface area (Å²) < 4.78 is 24.4. The number of rotatable bonds is 9.